The molecule has 1 unspecified atom stereocenters. The van der Waals surface area contributed by atoms with Crippen LogP contribution >= 0.6 is 0 Å². The molecule has 5 atom stereocenters. The molecule has 0 amide bonds. The van der Waals surface area contributed by atoms with Crippen LogP contribution < -0.4 is 5.73 Å². The summed E-state index contributed by atoms with van der Waals surface area (Å²) in [6.07, 6.45) is -3.66. The number of hydrogen-bond acceptors (Lipinski definition) is 10. The van der Waals surface area contributed by atoms with E-state index in [4.69, 9.17) is 19.9 Å². The molecule has 11 nitrogen and oxygen atoms in total. The first-order valence-electron chi connectivity index (χ1n) is 9.07. The minimum absolute atomic E-state index is 0.184. The van der Waals surface area contributed by atoms with Crippen molar-refractivity contribution in [1.82, 2.24) is 14.6 Å². The van der Waals surface area contributed by atoms with E-state index in [1.54, 1.807) is 19.9 Å². The zero-order chi connectivity index (χ0) is 21.3. The van der Waals surface area contributed by atoms with Gasteiger partial charge in [-0.2, -0.15) is 10.4 Å². The molecule has 0 spiro atoms. The number of nitrogens with two attached hydrogens (primary N) is 1. The van der Waals surface area contributed by atoms with Crippen molar-refractivity contribution >= 4 is 17.3 Å². The monoisotopic (exact) mass is 405 g/mol. The zero-order valence-electron chi connectivity index (χ0n) is 16.2. The molecule has 1 aliphatic heterocycles. The van der Waals surface area contributed by atoms with E-state index in [9.17, 15) is 20.3 Å². The van der Waals surface area contributed by atoms with Crippen LogP contribution in [0.25, 0.3) is 5.52 Å². The third-order valence-electron chi connectivity index (χ3n) is 4.69. The van der Waals surface area contributed by atoms with Crippen molar-refractivity contribution < 1.29 is 29.2 Å². The Balaban J connectivity index is 2.04. The molecule has 2 aromatic rings. The first-order valence-corrected chi connectivity index (χ1v) is 9.07. The highest BCUT2D eigenvalue weighted by atomic mass is 16.6. The number of ether oxygens (including phenoxy) is 3. The largest absolute Gasteiger partial charge is 0.456 e. The van der Waals surface area contributed by atoms with Gasteiger partial charge in [-0.25, -0.2) is 9.50 Å². The van der Waals surface area contributed by atoms with Crippen molar-refractivity contribution in [2.45, 2.75) is 51.0 Å². The van der Waals surface area contributed by atoms with Gasteiger partial charge in [-0.05, 0) is 19.1 Å². The van der Waals surface area contributed by atoms with Gasteiger partial charge in [0.2, 0.25) is 5.60 Å². The fraction of sp³-hybridized carbons (Fsp3) is 0.556. The van der Waals surface area contributed by atoms with Crippen molar-refractivity contribution in [2.75, 3.05) is 12.3 Å². The summed E-state index contributed by atoms with van der Waals surface area (Å²) in [7, 11) is 0. The molecule has 0 aliphatic carbocycles. The number of aliphatic hydroxyl groups is 2. The summed E-state index contributed by atoms with van der Waals surface area (Å²) in [5.74, 6) is -0.845. The van der Waals surface area contributed by atoms with Gasteiger partial charge in [-0.15, -0.1) is 0 Å². The lowest BCUT2D eigenvalue weighted by molar-refractivity contribution is -0.166. The van der Waals surface area contributed by atoms with Gasteiger partial charge in [0.15, 0.2) is 18.2 Å². The van der Waals surface area contributed by atoms with Crippen molar-refractivity contribution in [3.63, 3.8) is 0 Å². The fourth-order valence-corrected chi connectivity index (χ4v) is 3.18. The van der Waals surface area contributed by atoms with Gasteiger partial charge in [0.05, 0.1) is 18.2 Å². The zero-order valence-corrected chi connectivity index (χ0v) is 16.2. The molecule has 0 aromatic carbocycles. The maximum absolute atomic E-state index is 12.2. The summed E-state index contributed by atoms with van der Waals surface area (Å²) in [6.45, 7) is 4.47. The third kappa shape index (κ3) is 3.63. The molecule has 3 rings (SSSR count). The minimum Gasteiger partial charge on any atom is -0.456 e. The molecule has 0 radical (unpaired) electrons. The summed E-state index contributed by atoms with van der Waals surface area (Å²) in [5.41, 5.74) is 4.55. The van der Waals surface area contributed by atoms with E-state index in [1.807, 2.05) is 6.07 Å². The predicted octanol–water partition coefficient (Wildman–Crippen LogP) is -0.287. The molecule has 1 aliphatic rings. The Labute approximate surface area is 166 Å². The van der Waals surface area contributed by atoms with E-state index >= 15 is 0 Å². The molecule has 3 heterocycles. The minimum atomic E-state index is -1.91. The topological polar surface area (TPSA) is 165 Å². The number of nitriles is 1. The van der Waals surface area contributed by atoms with Gasteiger partial charge in [0.25, 0.3) is 0 Å². The van der Waals surface area contributed by atoms with Crippen molar-refractivity contribution in [3.05, 3.63) is 24.2 Å². The number of aliphatic hydroxyl groups excluding tert-OH is 2. The number of hydrogen-bond donors (Lipinski definition) is 3. The average Bonchev–Trinajstić information content (AvgIpc) is 3.22. The second kappa shape index (κ2) is 7.92. The van der Waals surface area contributed by atoms with Crippen LogP contribution in [0.5, 0.6) is 0 Å². The van der Waals surface area contributed by atoms with Crippen LogP contribution in [0.1, 0.15) is 26.5 Å². The van der Waals surface area contributed by atoms with Crippen LogP contribution in [0.15, 0.2) is 18.5 Å². The number of nitrogens with zero attached hydrogens (tertiary/aromatic N) is 4. The van der Waals surface area contributed by atoms with E-state index in [0.29, 0.717) is 5.52 Å². The van der Waals surface area contributed by atoms with E-state index in [1.165, 1.54) is 23.8 Å². The van der Waals surface area contributed by atoms with E-state index < -0.39 is 42.1 Å². The smallest absolute Gasteiger partial charge is 0.308 e. The molecule has 1 fully saturated rings. The molecular formula is C18H23N5O6. The van der Waals surface area contributed by atoms with Crippen molar-refractivity contribution in [2.24, 2.45) is 5.92 Å². The highest BCUT2D eigenvalue weighted by Crippen LogP contribution is 2.42. The Bertz CT molecular complexity index is 938. The van der Waals surface area contributed by atoms with Gasteiger partial charge in [0, 0.05) is 0 Å². The van der Waals surface area contributed by atoms with Crippen molar-refractivity contribution in [1.29, 1.82) is 5.26 Å². The molecule has 0 saturated carbocycles. The molecule has 156 valence electrons. The van der Waals surface area contributed by atoms with Crippen LogP contribution in [-0.2, 0) is 24.6 Å². The van der Waals surface area contributed by atoms with E-state index in [-0.39, 0.29) is 18.1 Å². The van der Waals surface area contributed by atoms with Gasteiger partial charge < -0.3 is 30.2 Å². The average molecular weight is 405 g/mol. The SMILES string of the molecule is CC(O)OC[C@H]1O[C@@](C#N)(c2ccc3c(N)ncnn23)[C@H](O)[C@@H]1OC(=O)C(C)C. The van der Waals surface area contributed by atoms with Gasteiger partial charge in [-0.1, -0.05) is 13.8 Å². The van der Waals surface area contributed by atoms with Gasteiger partial charge in [0.1, 0.15) is 30.1 Å². The van der Waals surface area contributed by atoms with E-state index in [2.05, 4.69) is 10.1 Å². The lowest BCUT2D eigenvalue weighted by atomic mass is 9.92. The number of rotatable bonds is 6. The number of nitrogen functional groups attached to an aromatic ring is 1. The molecular weight excluding hydrogens is 382 g/mol. The van der Waals surface area contributed by atoms with Crippen LogP contribution in [0.2, 0.25) is 0 Å². The highest BCUT2D eigenvalue weighted by Gasteiger charge is 2.59. The van der Waals surface area contributed by atoms with Gasteiger partial charge >= 0.3 is 5.97 Å². The first-order chi connectivity index (χ1) is 13.7. The normalized spacial score (nSPS) is 27.8. The Morgan fingerprint density at radius 3 is 2.83 bits per heavy atom. The number of esters is 1. The Morgan fingerprint density at radius 2 is 2.21 bits per heavy atom. The Morgan fingerprint density at radius 1 is 1.48 bits per heavy atom. The van der Waals surface area contributed by atoms with Crippen LogP contribution in [0.4, 0.5) is 5.82 Å². The fourth-order valence-electron chi connectivity index (χ4n) is 3.18. The number of carbonyl (C=O) groups is 1. The molecule has 2 aromatic heterocycles. The summed E-state index contributed by atoms with van der Waals surface area (Å²) in [4.78, 5) is 16.1. The van der Waals surface area contributed by atoms with Crippen LogP contribution in [-0.4, -0.2) is 62.0 Å². The predicted molar refractivity (Wildman–Crippen MR) is 97.9 cm³/mol. The number of anilines is 1. The van der Waals surface area contributed by atoms with Crippen molar-refractivity contribution in [3.8, 4) is 6.07 Å². The summed E-state index contributed by atoms with van der Waals surface area (Å²) in [6, 6.07) is 5.11. The van der Waals surface area contributed by atoms with E-state index in [0.717, 1.165) is 0 Å². The molecule has 11 heteroatoms. The maximum atomic E-state index is 12.2. The summed E-state index contributed by atoms with van der Waals surface area (Å²) < 4.78 is 17.8. The number of fused-ring (bicyclic) bond motifs is 1. The Hall–Kier alpha value is -2.78. The van der Waals surface area contributed by atoms with Crippen LogP contribution in [0, 0.1) is 17.2 Å². The molecule has 1 saturated heterocycles. The lowest BCUT2D eigenvalue weighted by Crippen LogP contribution is -2.43. The maximum Gasteiger partial charge on any atom is 0.308 e. The lowest BCUT2D eigenvalue weighted by Gasteiger charge is -2.25. The standard InChI is InChI=1S/C18H23N5O6/c1-9(2)17(26)28-14-12(6-27-10(3)24)29-18(7-19,15(14)25)13-5-4-11-16(20)21-8-22-23(11)13/h4-5,8-10,12,14-15,24-25H,6H2,1-3H3,(H2,20,21,22)/t10?,12-,14-,15-,18+/m1/s1. The highest BCUT2D eigenvalue weighted by molar-refractivity contribution is 5.72. The number of carbonyl (C=O) groups excluding carboxylic acids is 1. The Kier molecular flexibility index (Phi) is 5.72. The first kappa shape index (κ1) is 20.9. The third-order valence-corrected chi connectivity index (χ3v) is 4.69. The molecule has 0 bridgehead atoms. The number of aromatic nitrogens is 3. The second-order valence-electron chi connectivity index (χ2n) is 7.10. The quantitative estimate of drug-likeness (QED) is 0.429. The molecule has 4 N–H and O–H groups in total. The summed E-state index contributed by atoms with van der Waals surface area (Å²) >= 11 is 0. The van der Waals surface area contributed by atoms with Gasteiger partial charge in [-0.3, -0.25) is 4.79 Å². The summed E-state index contributed by atoms with van der Waals surface area (Å²) in [5, 5.41) is 34.5. The van der Waals surface area contributed by atoms with Crippen LogP contribution in [0.3, 0.4) is 0 Å². The second-order valence-corrected chi connectivity index (χ2v) is 7.10. The molecule has 29 heavy (non-hydrogen) atoms.